The number of carbonyl (C=O) groups excluding carboxylic acids is 3. The summed E-state index contributed by atoms with van der Waals surface area (Å²) in [5.41, 5.74) is 6.20. The number of nitrogens with zero attached hydrogens (tertiary/aromatic N) is 2. The maximum absolute atomic E-state index is 12.4. The Bertz CT molecular complexity index is 1160. The monoisotopic (exact) mass is 531 g/mol. The first kappa shape index (κ1) is 31.6. The summed E-state index contributed by atoms with van der Waals surface area (Å²) in [5, 5.41) is 17.8. The van der Waals surface area contributed by atoms with Crippen LogP contribution in [0, 0.1) is 0 Å². The number of hydrazine groups is 1. The van der Waals surface area contributed by atoms with Gasteiger partial charge in [0.1, 0.15) is 17.8 Å². The highest BCUT2D eigenvalue weighted by molar-refractivity contribution is 6.07. The summed E-state index contributed by atoms with van der Waals surface area (Å²) in [4.78, 5) is 51.2. The van der Waals surface area contributed by atoms with Crippen molar-refractivity contribution in [3.05, 3.63) is 47.9 Å². The number of ether oxygens (including phenoxy) is 1. The van der Waals surface area contributed by atoms with Crippen molar-refractivity contribution in [2.24, 2.45) is 11.6 Å². The normalized spacial score (nSPS) is 11.1. The van der Waals surface area contributed by atoms with Crippen LogP contribution < -0.4 is 32.5 Å². The van der Waals surface area contributed by atoms with E-state index in [1.54, 1.807) is 39.0 Å². The summed E-state index contributed by atoms with van der Waals surface area (Å²) < 4.78 is 5.12. The summed E-state index contributed by atoms with van der Waals surface area (Å²) >= 11 is 0. The number of carbonyl (C=O) groups is 4. The maximum Gasteiger partial charge on any atom is 0.407 e. The van der Waals surface area contributed by atoms with Gasteiger partial charge < -0.3 is 31.5 Å². The molecule has 13 nitrogen and oxygen atoms in total. The van der Waals surface area contributed by atoms with Crippen molar-refractivity contribution in [2.75, 3.05) is 24.6 Å². The Labute approximate surface area is 221 Å². The van der Waals surface area contributed by atoms with Gasteiger partial charge in [0, 0.05) is 30.9 Å². The number of rotatable bonds is 10. The van der Waals surface area contributed by atoms with E-state index in [1.807, 2.05) is 13.8 Å². The van der Waals surface area contributed by atoms with Crippen molar-refractivity contribution in [1.29, 1.82) is 0 Å². The third-order valence-corrected chi connectivity index (χ3v) is 4.52. The molecule has 1 aromatic carbocycles. The number of nitrogens with one attached hydrogen (secondary N) is 3. The Morgan fingerprint density at radius 2 is 1.74 bits per heavy atom. The minimum atomic E-state index is -1.17. The van der Waals surface area contributed by atoms with E-state index < -0.39 is 36.0 Å². The van der Waals surface area contributed by atoms with Crippen molar-refractivity contribution in [2.45, 2.75) is 46.6 Å². The molecule has 1 aromatic heterocycles. The molecule has 0 saturated carbocycles. The molecule has 0 saturated heterocycles. The second-order valence-corrected chi connectivity index (χ2v) is 8.67. The SMILES string of the molecule is CC.CC(C)(C)OC(=O)NCCCNC(=O)/C(N)=C/N(N)c1ccc2nccc(C(=O)NCC(=O)O)c2c1. The van der Waals surface area contributed by atoms with E-state index in [0.717, 1.165) is 5.01 Å². The number of carboxylic acid groups (broad SMARTS) is 1. The number of aliphatic carboxylic acids is 1. The van der Waals surface area contributed by atoms with Crippen LogP contribution in [0.15, 0.2) is 42.4 Å². The van der Waals surface area contributed by atoms with E-state index in [4.69, 9.17) is 21.4 Å². The largest absolute Gasteiger partial charge is 0.480 e. The van der Waals surface area contributed by atoms with Gasteiger partial charge in [0.2, 0.25) is 0 Å². The average molecular weight is 532 g/mol. The maximum atomic E-state index is 12.4. The van der Waals surface area contributed by atoms with Crippen LogP contribution in [0.3, 0.4) is 0 Å². The molecule has 2 aromatic rings. The highest BCUT2D eigenvalue weighted by Crippen LogP contribution is 2.23. The lowest BCUT2D eigenvalue weighted by atomic mass is 10.1. The zero-order valence-corrected chi connectivity index (χ0v) is 22.3. The molecule has 2 rings (SSSR count). The Balaban J connectivity index is 0.00000352. The smallest absolute Gasteiger partial charge is 0.407 e. The van der Waals surface area contributed by atoms with Crippen LogP contribution in [0.2, 0.25) is 0 Å². The molecule has 0 radical (unpaired) electrons. The molecule has 0 spiro atoms. The number of benzene rings is 1. The molecular formula is C25H37N7O6. The molecule has 0 aliphatic rings. The van der Waals surface area contributed by atoms with E-state index in [0.29, 0.717) is 29.6 Å². The Morgan fingerprint density at radius 1 is 1.08 bits per heavy atom. The summed E-state index contributed by atoms with van der Waals surface area (Å²) in [6.45, 7) is 9.30. The first-order valence-corrected chi connectivity index (χ1v) is 12.0. The van der Waals surface area contributed by atoms with Crippen LogP contribution in [-0.4, -0.2) is 59.2 Å². The molecule has 0 aliphatic heterocycles. The van der Waals surface area contributed by atoms with Gasteiger partial charge in [-0.25, -0.2) is 10.6 Å². The fourth-order valence-corrected chi connectivity index (χ4v) is 2.92. The van der Waals surface area contributed by atoms with Gasteiger partial charge in [0.05, 0.1) is 16.8 Å². The predicted molar refractivity (Wildman–Crippen MR) is 144 cm³/mol. The highest BCUT2D eigenvalue weighted by atomic mass is 16.6. The third kappa shape index (κ3) is 10.7. The minimum Gasteiger partial charge on any atom is -0.480 e. The fourth-order valence-electron chi connectivity index (χ4n) is 2.92. The summed E-state index contributed by atoms with van der Waals surface area (Å²) in [7, 11) is 0. The van der Waals surface area contributed by atoms with Crippen LogP contribution >= 0.6 is 0 Å². The molecule has 13 heteroatoms. The first-order chi connectivity index (χ1) is 17.9. The molecule has 0 unspecified atom stereocenters. The molecule has 8 N–H and O–H groups in total. The van der Waals surface area contributed by atoms with Crippen molar-refractivity contribution in [3.8, 4) is 0 Å². The molecule has 0 aliphatic carbocycles. The fraction of sp³-hybridized carbons (Fsp3) is 0.400. The molecule has 0 fully saturated rings. The second kappa shape index (κ2) is 15.0. The number of amides is 3. The number of aromatic nitrogens is 1. The summed E-state index contributed by atoms with van der Waals surface area (Å²) in [5.74, 6) is 3.73. The number of hydrogen-bond acceptors (Lipinski definition) is 9. The Hall–Kier alpha value is -4.39. The molecule has 38 heavy (non-hydrogen) atoms. The van der Waals surface area contributed by atoms with E-state index >= 15 is 0 Å². The molecule has 3 amide bonds. The van der Waals surface area contributed by atoms with Crippen molar-refractivity contribution < 1.29 is 29.0 Å². The van der Waals surface area contributed by atoms with Crippen LogP contribution in [0.5, 0.6) is 0 Å². The standard InChI is InChI=1S/C23H31N7O6.C2H6/c1-23(2,3)36-22(35)28-9-4-8-27-21(34)17(24)13-30(25)14-5-6-18-16(11-14)15(7-10-26-18)20(33)29-12-19(31)32;1-2/h5-7,10-11,13H,4,8-9,12,24-25H2,1-3H3,(H,27,34)(H,28,35)(H,29,33)(H,31,32);1-2H3/b17-13-;. The van der Waals surface area contributed by atoms with Crippen LogP contribution in [0.1, 0.15) is 51.4 Å². The number of nitrogens with two attached hydrogens (primary N) is 2. The van der Waals surface area contributed by atoms with Gasteiger partial charge in [-0.2, -0.15) is 0 Å². The van der Waals surface area contributed by atoms with E-state index in [1.165, 1.54) is 18.5 Å². The second-order valence-electron chi connectivity index (χ2n) is 8.67. The Kier molecular flexibility index (Phi) is 12.5. The van der Waals surface area contributed by atoms with Crippen LogP contribution in [0.4, 0.5) is 10.5 Å². The summed E-state index contributed by atoms with van der Waals surface area (Å²) in [6, 6.07) is 6.28. The molecule has 1 heterocycles. The van der Waals surface area contributed by atoms with Gasteiger partial charge in [0.25, 0.3) is 11.8 Å². The van der Waals surface area contributed by atoms with E-state index in [-0.39, 0.29) is 17.8 Å². The highest BCUT2D eigenvalue weighted by Gasteiger charge is 2.16. The van der Waals surface area contributed by atoms with Gasteiger partial charge in [0.15, 0.2) is 0 Å². The number of pyridine rings is 1. The Morgan fingerprint density at radius 3 is 2.37 bits per heavy atom. The zero-order valence-electron chi connectivity index (χ0n) is 22.3. The molecule has 0 atom stereocenters. The molecule has 0 bridgehead atoms. The van der Waals surface area contributed by atoms with Crippen LogP contribution in [-0.2, 0) is 14.3 Å². The lowest BCUT2D eigenvalue weighted by Gasteiger charge is -2.19. The van der Waals surface area contributed by atoms with Crippen molar-refractivity contribution in [3.63, 3.8) is 0 Å². The number of hydrogen-bond donors (Lipinski definition) is 6. The van der Waals surface area contributed by atoms with Crippen molar-refractivity contribution >= 4 is 40.5 Å². The predicted octanol–water partition coefficient (Wildman–Crippen LogP) is 1.59. The van der Waals surface area contributed by atoms with Crippen LogP contribution in [0.25, 0.3) is 10.9 Å². The van der Waals surface area contributed by atoms with Gasteiger partial charge >= 0.3 is 12.1 Å². The van der Waals surface area contributed by atoms with Gasteiger partial charge in [-0.15, -0.1) is 0 Å². The molecule has 208 valence electrons. The average Bonchev–Trinajstić information content (AvgIpc) is 2.86. The number of carboxylic acids is 1. The van der Waals surface area contributed by atoms with E-state index in [2.05, 4.69) is 20.9 Å². The first-order valence-electron chi connectivity index (χ1n) is 12.0. The minimum absolute atomic E-state index is 0.164. The zero-order chi connectivity index (χ0) is 28.9. The quantitative estimate of drug-likeness (QED) is 0.113. The van der Waals surface area contributed by atoms with Gasteiger partial charge in [-0.3, -0.25) is 24.4 Å². The molecular weight excluding hydrogens is 494 g/mol. The lowest BCUT2D eigenvalue weighted by Crippen LogP contribution is -2.36. The topological polar surface area (TPSA) is 202 Å². The van der Waals surface area contributed by atoms with Crippen molar-refractivity contribution in [1.82, 2.24) is 20.9 Å². The number of alkyl carbamates (subject to hydrolysis) is 1. The third-order valence-electron chi connectivity index (χ3n) is 4.52. The summed E-state index contributed by atoms with van der Waals surface area (Å²) in [6.07, 6.45) is 2.56. The number of fused-ring (bicyclic) bond motifs is 1. The van der Waals surface area contributed by atoms with Gasteiger partial charge in [-0.1, -0.05) is 13.8 Å². The van der Waals surface area contributed by atoms with E-state index in [9.17, 15) is 19.2 Å². The van der Waals surface area contributed by atoms with Gasteiger partial charge in [-0.05, 0) is 51.5 Å². The lowest BCUT2D eigenvalue weighted by molar-refractivity contribution is -0.135. The number of anilines is 1.